The van der Waals surface area contributed by atoms with E-state index in [0.29, 0.717) is 24.9 Å². The Morgan fingerprint density at radius 2 is 2.00 bits per heavy atom. The number of aryl methyl sites for hydroxylation is 2. The van der Waals surface area contributed by atoms with Crippen LogP contribution in [0.2, 0.25) is 0 Å². The van der Waals surface area contributed by atoms with E-state index in [0.717, 1.165) is 22.6 Å². The van der Waals surface area contributed by atoms with Crippen LogP contribution in [0.25, 0.3) is 0 Å². The van der Waals surface area contributed by atoms with Gasteiger partial charge in [-0.15, -0.1) is 0 Å². The standard InChI is InChI=1S/C19H23N3O2/c1-5-22(14(3)17-8-6-16(12-20)7-9-17)19(23)11-10-18-13(2)21-24-15(18)4/h6-9,14H,5,10-11H2,1-4H3. The molecule has 0 aliphatic heterocycles. The molecule has 0 saturated heterocycles. The van der Waals surface area contributed by atoms with Crippen molar-refractivity contribution in [2.75, 3.05) is 6.54 Å². The number of hydrogen-bond donors (Lipinski definition) is 0. The molecule has 0 fully saturated rings. The highest BCUT2D eigenvalue weighted by Crippen LogP contribution is 2.22. The minimum absolute atomic E-state index is 0.0279. The summed E-state index contributed by atoms with van der Waals surface area (Å²) in [6.07, 6.45) is 1.06. The first kappa shape index (κ1) is 17.7. The zero-order valence-electron chi connectivity index (χ0n) is 14.7. The summed E-state index contributed by atoms with van der Waals surface area (Å²) in [6, 6.07) is 9.47. The SMILES string of the molecule is CCN(C(=O)CCc1c(C)noc1C)C(C)c1ccc(C#N)cc1. The summed E-state index contributed by atoms with van der Waals surface area (Å²) in [7, 11) is 0. The second-order valence-corrected chi connectivity index (χ2v) is 5.89. The van der Waals surface area contributed by atoms with Crippen LogP contribution in [0.1, 0.15) is 54.5 Å². The van der Waals surface area contributed by atoms with Crippen LogP contribution in [-0.4, -0.2) is 22.5 Å². The molecule has 1 aromatic carbocycles. The average Bonchev–Trinajstić information content (AvgIpc) is 2.91. The Labute approximate surface area is 142 Å². The van der Waals surface area contributed by atoms with E-state index in [1.54, 1.807) is 12.1 Å². The fourth-order valence-electron chi connectivity index (χ4n) is 2.92. The number of aromatic nitrogens is 1. The molecule has 0 aliphatic rings. The van der Waals surface area contributed by atoms with E-state index in [-0.39, 0.29) is 11.9 Å². The third-order valence-corrected chi connectivity index (χ3v) is 4.42. The highest BCUT2D eigenvalue weighted by Gasteiger charge is 2.21. The molecule has 1 atom stereocenters. The Balaban J connectivity index is 2.06. The normalized spacial score (nSPS) is 11.8. The summed E-state index contributed by atoms with van der Waals surface area (Å²) in [5.41, 5.74) is 3.52. The molecular weight excluding hydrogens is 302 g/mol. The summed E-state index contributed by atoms with van der Waals surface area (Å²) in [5.74, 6) is 0.887. The first-order chi connectivity index (χ1) is 11.5. The van der Waals surface area contributed by atoms with Gasteiger partial charge in [0.25, 0.3) is 0 Å². The summed E-state index contributed by atoms with van der Waals surface area (Å²) in [6.45, 7) is 8.40. The van der Waals surface area contributed by atoms with Gasteiger partial charge in [-0.1, -0.05) is 17.3 Å². The van der Waals surface area contributed by atoms with Gasteiger partial charge in [-0.2, -0.15) is 5.26 Å². The minimum Gasteiger partial charge on any atom is -0.361 e. The van der Waals surface area contributed by atoms with Crippen LogP contribution in [0, 0.1) is 25.2 Å². The maximum absolute atomic E-state index is 12.7. The lowest BCUT2D eigenvalue weighted by molar-refractivity contribution is -0.133. The molecule has 1 amide bonds. The fourth-order valence-corrected chi connectivity index (χ4v) is 2.92. The molecule has 2 rings (SSSR count). The van der Waals surface area contributed by atoms with E-state index in [1.165, 1.54) is 0 Å². The predicted octanol–water partition coefficient (Wildman–Crippen LogP) is 3.71. The van der Waals surface area contributed by atoms with E-state index in [1.807, 2.05) is 44.7 Å². The second kappa shape index (κ2) is 7.78. The fraction of sp³-hybridized carbons (Fsp3) is 0.421. The molecule has 5 heteroatoms. The maximum Gasteiger partial charge on any atom is 0.223 e. The lowest BCUT2D eigenvalue weighted by Gasteiger charge is -2.28. The first-order valence-corrected chi connectivity index (χ1v) is 8.19. The van der Waals surface area contributed by atoms with Gasteiger partial charge in [-0.25, -0.2) is 0 Å². The zero-order chi connectivity index (χ0) is 17.7. The lowest BCUT2D eigenvalue weighted by atomic mass is 10.0. The van der Waals surface area contributed by atoms with E-state index in [9.17, 15) is 4.79 Å². The lowest BCUT2D eigenvalue weighted by Crippen LogP contribution is -2.33. The second-order valence-electron chi connectivity index (χ2n) is 5.89. The van der Waals surface area contributed by atoms with Gasteiger partial charge in [0.2, 0.25) is 5.91 Å². The number of hydrogen-bond acceptors (Lipinski definition) is 4. The van der Waals surface area contributed by atoms with E-state index >= 15 is 0 Å². The molecule has 5 nitrogen and oxygen atoms in total. The van der Waals surface area contributed by atoms with Crippen molar-refractivity contribution >= 4 is 5.91 Å². The number of carbonyl (C=O) groups is 1. The smallest absolute Gasteiger partial charge is 0.223 e. The Morgan fingerprint density at radius 1 is 1.33 bits per heavy atom. The largest absolute Gasteiger partial charge is 0.361 e. The van der Waals surface area contributed by atoms with Crippen molar-refractivity contribution in [3.05, 3.63) is 52.4 Å². The van der Waals surface area contributed by atoms with Crippen molar-refractivity contribution in [2.24, 2.45) is 0 Å². The number of carbonyl (C=O) groups excluding carboxylic acids is 1. The number of rotatable bonds is 6. The Morgan fingerprint density at radius 3 is 2.50 bits per heavy atom. The molecule has 0 radical (unpaired) electrons. The number of amides is 1. The molecule has 0 saturated carbocycles. The van der Waals surface area contributed by atoms with Gasteiger partial charge in [0.1, 0.15) is 5.76 Å². The molecule has 1 aromatic heterocycles. The average molecular weight is 325 g/mol. The predicted molar refractivity (Wildman–Crippen MR) is 91.3 cm³/mol. The maximum atomic E-state index is 12.7. The third-order valence-electron chi connectivity index (χ3n) is 4.42. The van der Waals surface area contributed by atoms with Crippen LogP contribution in [0.4, 0.5) is 0 Å². The molecule has 0 N–H and O–H groups in total. The number of benzene rings is 1. The van der Waals surface area contributed by atoms with Crippen molar-refractivity contribution in [1.82, 2.24) is 10.1 Å². The summed E-state index contributed by atoms with van der Waals surface area (Å²) in [5, 5.41) is 12.8. The quantitative estimate of drug-likeness (QED) is 0.812. The Hall–Kier alpha value is -2.61. The molecule has 126 valence electrons. The molecule has 0 bridgehead atoms. The van der Waals surface area contributed by atoms with Crippen LogP contribution in [0.3, 0.4) is 0 Å². The number of nitrogens with zero attached hydrogens (tertiary/aromatic N) is 3. The topological polar surface area (TPSA) is 70.1 Å². The minimum atomic E-state index is -0.0279. The highest BCUT2D eigenvalue weighted by atomic mass is 16.5. The van der Waals surface area contributed by atoms with Crippen molar-refractivity contribution in [3.8, 4) is 6.07 Å². The van der Waals surface area contributed by atoms with Gasteiger partial charge in [-0.3, -0.25) is 4.79 Å². The van der Waals surface area contributed by atoms with Gasteiger partial charge in [0.05, 0.1) is 23.4 Å². The van der Waals surface area contributed by atoms with Crippen LogP contribution >= 0.6 is 0 Å². The zero-order valence-corrected chi connectivity index (χ0v) is 14.7. The van der Waals surface area contributed by atoms with Gasteiger partial charge in [0, 0.05) is 18.5 Å². The summed E-state index contributed by atoms with van der Waals surface area (Å²) >= 11 is 0. The number of nitriles is 1. The van der Waals surface area contributed by atoms with Crippen molar-refractivity contribution in [3.63, 3.8) is 0 Å². The van der Waals surface area contributed by atoms with Crippen LogP contribution in [0.5, 0.6) is 0 Å². The molecule has 0 aliphatic carbocycles. The third kappa shape index (κ3) is 3.83. The van der Waals surface area contributed by atoms with Gasteiger partial charge < -0.3 is 9.42 Å². The van der Waals surface area contributed by atoms with Crippen LogP contribution in [0.15, 0.2) is 28.8 Å². The van der Waals surface area contributed by atoms with Crippen molar-refractivity contribution < 1.29 is 9.32 Å². The highest BCUT2D eigenvalue weighted by molar-refractivity contribution is 5.77. The summed E-state index contributed by atoms with van der Waals surface area (Å²) < 4.78 is 5.15. The molecule has 24 heavy (non-hydrogen) atoms. The molecule has 1 heterocycles. The van der Waals surface area contributed by atoms with Gasteiger partial charge in [0.15, 0.2) is 0 Å². The Kier molecular flexibility index (Phi) is 5.75. The summed E-state index contributed by atoms with van der Waals surface area (Å²) in [4.78, 5) is 14.5. The monoisotopic (exact) mass is 325 g/mol. The van der Waals surface area contributed by atoms with Gasteiger partial charge in [-0.05, 0) is 51.8 Å². The van der Waals surface area contributed by atoms with Crippen LogP contribution in [-0.2, 0) is 11.2 Å². The molecule has 1 unspecified atom stereocenters. The van der Waals surface area contributed by atoms with E-state index in [4.69, 9.17) is 9.78 Å². The van der Waals surface area contributed by atoms with Gasteiger partial charge >= 0.3 is 0 Å². The van der Waals surface area contributed by atoms with E-state index in [2.05, 4.69) is 11.2 Å². The Bertz CT molecular complexity index is 721. The first-order valence-electron chi connectivity index (χ1n) is 8.19. The molecular formula is C19H23N3O2. The van der Waals surface area contributed by atoms with Crippen LogP contribution < -0.4 is 0 Å². The molecule has 2 aromatic rings. The molecule has 0 spiro atoms. The van der Waals surface area contributed by atoms with Crippen molar-refractivity contribution in [1.29, 1.82) is 5.26 Å². The van der Waals surface area contributed by atoms with Crippen molar-refractivity contribution in [2.45, 2.75) is 46.6 Å². The van der Waals surface area contributed by atoms with E-state index < -0.39 is 0 Å².